The van der Waals surface area contributed by atoms with Gasteiger partial charge in [-0.25, -0.2) is 0 Å². The summed E-state index contributed by atoms with van der Waals surface area (Å²) >= 11 is 0. The molecule has 0 saturated carbocycles. The third kappa shape index (κ3) is 21.4. The van der Waals surface area contributed by atoms with Crippen molar-refractivity contribution in [3.8, 4) is 0 Å². The van der Waals surface area contributed by atoms with Crippen molar-refractivity contribution in [1.82, 2.24) is 0 Å². The van der Waals surface area contributed by atoms with E-state index in [1.165, 1.54) is 30.5 Å². The van der Waals surface area contributed by atoms with Crippen LogP contribution < -0.4 is 0 Å². The van der Waals surface area contributed by atoms with Crippen LogP contribution in [0.5, 0.6) is 0 Å². The van der Waals surface area contributed by atoms with E-state index >= 15 is 0 Å². The molecule has 2 rings (SSSR count). The summed E-state index contributed by atoms with van der Waals surface area (Å²) in [6.45, 7) is 15.0. The first-order chi connectivity index (χ1) is 13.1. The summed E-state index contributed by atoms with van der Waals surface area (Å²) in [6.07, 6.45) is 0.0255. The van der Waals surface area contributed by atoms with E-state index in [1.807, 2.05) is 32.0 Å². The fourth-order valence-corrected chi connectivity index (χ4v) is 1.73. The normalized spacial score (nSPS) is 8.75. The van der Waals surface area contributed by atoms with Crippen molar-refractivity contribution in [3.63, 3.8) is 0 Å². The molecule has 0 heterocycles. The fourth-order valence-electron chi connectivity index (χ4n) is 1.73. The molecule has 0 amide bonds. The van der Waals surface area contributed by atoms with Gasteiger partial charge in [0.1, 0.15) is 0 Å². The monoisotopic (exact) mass is 388 g/mol. The molecule has 0 aromatic heterocycles. The maximum Gasteiger partial charge on any atom is 0.302 e. The molecule has 28 heavy (non-hydrogen) atoms. The van der Waals surface area contributed by atoms with Gasteiger partial charge < -0.3 is 9.47 Å². The molecule has 4 nitrogen and oxygen atoms in total. The second-order valence-electron chi connectivity index (χ2n) is 6.32. The van der Waals surface area contributed by atoms with Crippen molar-refractivity contribution in [2.45, 2.75) is 61.5 Å². The molecule has 0 aliphatic rings. The number of esters is 2. The summed E-state index contributed by atoms with van der Waals surface area (Å²) < 4.78 is 9.01. The third-order valence-electron chi connectivity index (χ3n) is 3.12. The van der Waals surface area contributed by atoms with Gasteiger partial charge in [0, 0.05) is 13.8 Å². The Labute approximate surface area is 170 Å². The summed E-state index contributed by atoms with van der Waals surface area (Å²) in [6, 6.07) is 18.6. The number of hydrogen-bond donors (Lipinski definition) is 0. The lowest BCUT2D eigenvalue weighted by Gasteiger charge is -2.01. The molecule has 0 bridgehead atoms. The van der Waals surface area contributed by atoms with Gasteiger partial charge in [-0.05, 0) is 52.7 Å². The molecule has 0 saturated heterocycles. The Morgan fingerprint density at radius 1 is 0.786 bits per heavy atom. The zero-order valence-electron chi connectivity index (χ0n) is 18.6. The minimum absolute atomic E-state index is 0.0255. The van der Waals surface area contributed by atoms with Crippen LogP contribution in [-0.2, 0) is 19.1 Å². The minimum atomic E-state index is -0.213. The van der Waals surface area contributed by atoms with Gasteiger partial charge in [-0.1, -0.05) is 60.2 Å². The van der Waals surface area contributed by atoms with Gasteiger partial charge in [-0.3, -0.25) is 9.59 Å². The van der Waals surface area contributed by atoms with Crippen molar-refractivity contribution in [3.05, 3.63) is 71.3 Å². The lowest BCUT2D eigenvalue weighted by atomic mass is 10.1. The summed E-state index contributed by atoms with van der Waals surface area (Å²) in [5, 5.41) is 0. The van der Waals surface area contributed by atoms with E-state index in [4.69, 9.17) is 0 Å². The summed E-state index contributed by atoms with van der Waals surface area (Å²) in [4.78, 5) is 19.9. The predicted octanol–water partition coefficient (Wildman–Crippen LogP) is 5.83. The molecule has 156 valence electrons. The molecule has 4 heteroatoms. The number of carbonyl (C=O) groups excluding carboxylic acids is 2. The second-order valence-corrected chi connectivity index (χ2v) is 6.32. The van der Waals surface area contributed by atoms with Crippen molar-refractivity contribution in [2.24, 2.45) is 0 Å². The Bertz CT molecular complexity index is 628. The number of rotatable bonds is 2. The molecule has 0 aliphatic heterocycles. The van der Waals surface area contributed by atoms with Crippen molar-refractivity contribution in [1.29, 1.82) is 0 Å². The second kappa shape index (κ2) is 17.8. The van der Waals surface area contributed by atoms with Crippen molar-refractivity contribution < 1.29 is 19.1 Å². The maximum atomic E-state index is 10.0. The number of carbonyl (C=O) groups is 2. The van der Waals surface area contributed by atoms with Crippen LogP contribution in [0, 0.1) is 20.8 Å². The molecular formula is C24H36O4. The van der Waals surface area contributed by atoms with E-state index in [1.54, 1.807) is 6.92 Å². The highest BCUT2D eigenvalue weighted by Gasteiger charge is 1.93. The summed E-state index contributed by atoms with van der Waals surface area (Å²) in [7, 11) is 0. The highest BCUT2D eigenvalue weighted by Crippen LogP contribution is 2.02. The highest BCUT2D eigenvalue weighted by molar-refractivity contribution is 5.66. The van der Waals surface area contributed by atoms with Crippen molar-refractivity contribution >= 4 is 11.9 Å². The molecule has 2 aromatic rings. The van der Waals surface area contributed by atoms with E-state index < -0.39 is 0 Å². The topological polar surface area (TPSA) is 52.6 Å². The molecule has 0 fully saturated rings. The highest BCUT2D eigenvalue weighted by atomic mass is 16.5. The van der Waals surface area contributed by atoms with Crippen LogP contribution in [0.4, 0.5) is 0 Å². The van der Waals surface area contributed by atoms with Crippen LogP contribution >= 0.6 is 0 Å². The van der Waals surface area contributed by atoms with Crippen LogP contribution in [0.25, 0.3) is 0 Å². The van der Waals surface area contributed by atoms with Crippen LogP contribution in [0.3, 0.4) is 0 Å². The third-order valence-corrected chi connectivity index (χ3v) is 3.12. The lowest BCUT2D eigenvalue weighted by molar-refractivity contribution is -0.144. The van der Waals surface area contributed by atoms with E-state index in [2.05, 4.69) is 66.6 Å². The van der Waals surface area contributed by atoms with Crippen LogP contribution in [0.1, 0.15) is 51.3 Å². The van der Waals surface area contributed by atoms with E-state index in [9.17, 15) is 9.59 Å². The average Bonchev–Trinajstić information content (AvgIpc) is 2.58. The quantitative estimate of drug-likeness (QED) is 0.608. The van der Waals surface area contributed by atoms with Gasteiger partial charge in [0.05, 0.1) is 12.7 Å². The SMILES string of the molecule is CC(=O)OC(C)C.CCOC(C)=O.Cc1ccccc1.Cc1ccccc1C. The Hall–Kier alpha value is -2.62. The first-order valence-electron chi connectivity index (χ1n) is 9.44. The zero-order valence-corrected chi connectivity index (χ0v) is 18.6. The van der Waals surface area contributed by atoms with E-state index in [-0.39, 0.29) is 18.0 Å². The Kier molecular flexibility index (Phi) is 17.5. The van der Waals surface area contributed by atoms with Crippen LogP contribution in [0.2, 0.25) is 0 Å². The molecule has 0 unspecified atom stereocenters. The number of hydrogen-bond acceptors (Lipinski definition) is 4. The first kappa shape index (κ1) is 27.6. The molecule has 0 spiro atoms. The van der Waals surface area contributed by atoms with Gasteiger partial charge in [-0.15, -0.1) is 0 Å². The zero-order chi connectivity index (χ0) is 21.9. The van der Waals surface area contributed by atoms with Crippen LogP contribution in [0.15, 0.2) is 54.6 Å². The van der Waals surface area contributed by atoms with E-state index in [0.29, 0.717) is 6.61 Å². The summed E-state index contributed by atoms with van der Waals surface area (Å²) in [5.41, 5.74) is 4.06. The standard InChI is InChI=1S/C8H10.C7H8.C5H10O2.C4H8O2/c1-7-5-3-4-6-8(7)2;1-7-5-3-2-4-6-7;1-4(2)7-5(3)6;1-3-6-4(2)5/h3-6H,1-2H3;2-6H,1H3;4H,1-3H3;3H2,1-2H3. The summed E-state index contributed by atoms with van der Waals surface area (Å²) in [5.74, 6) is -0.424. The maximum absolute atomic E-state index is 10.0. The van der Waals surface area contributed by atoms with Crippen LogP contribution in [-0.4, -0.2) is 24.6 Å². The number of benzene rings is 2. The predicted molar refractivity (Wildman–Crippen MR) is 116 cm³/mol. The van der Waals surface area contributed by atoms with Gasteiger partial charge in [-0.2, -0.15) is 0 Å². The average molecular weight is 389 g/mol. The Balaban J connectivity index is 0. The Morgan fingerprint density at radius 2 is 1.21 bits per heavy atom. The molecule has 0 atom stereocenters. The molecule has 0 radical (unpaired) electrons. The molecule has 2 aromatic carbocycles. The number of ether oxygens (including phenoxy) is 2. The van der Waals surface area contributed by atoms with Crippen molar-refractivity contribution in [2.75, 3.05) is 6.61 Å². The molecule has 0 N–H and O–H groups in total. The molecular weight excluding hydrogens is 352 g/mol. The van der Waals surface area contributed by atoms with E-state index in [0.717, 1.165) is 0 Å². The largest absolute Gasteiger partial charge is 0.466 e. The lowest BCUT2D eigenvalue weighted by Crippen LogP contribution is -2.06. The van der Waals surface area contributed by atoms with Gasteiger partial charge >= 0.3 is 11.9 Å². The Morgan fingerprint density at radius 3 is 1.36 bits per heavy atom. The van der Waals surface area contributed by atoms with Gasteiger partial charge in [0.15, 0.2) is 0 Å². The number of aryl methyl sites for hydroxylation is 3. The minimum Gasteiger partial charge on any atom is -0.466 e. The first-order valence-corrected chi connectivity index (χ1v) is 9.44. The molecule has 0 aliphatic carbocycles. The van der Waals surface area contributed by atoms with Gasteiger partial charge in [0.2, 0.25) is 0 Å². The fraction of sp³-hybridized carbons (Fsp3) is 0.417. The van der Waals surface area contributed by atoms with Gasteiger partial charge in [0.25, 0.3) is 0 Å². The smallest absolute Gasteiger partial charge is 0.302 e.